The van der Waals surface area contributed by atoms with Crippen molar-refractivity contribution in [3.63, 3.8) is 0 Å². The molecule has 0 spiro atoms. The van der Waals surface area contributed by atoms with Crippen LogP contribution >= 0.6 is 11.6 Å². The van der Waals surface area contributed by atoms with Crippen molar-refractivity contribution in [2.24, 2.45) is 0 Å². The van der Waals surface area contributed by atoms with Gasteiger partial charge in [0.1, 0.15) is 11.0 Å². The number of sulfonamides is 1. The Labute approximate surface area is 127 Å². The number of aryl methyl sites for hydroxylation is 2. The van der Waals surface area contributed by atoms with E-state index in [9.17, 15) is 12.8 Å². The number of hydrogen-bond donors (Lipinski definition) is 2. The Bertz CT molecular complexity index is 809. The average Bonchev–Trinajstić information content (AvgIpc) is 2.37. The predicted molar refractivity (Wildman–Crippen MR) is 80.3 cm³/mol. The molecule has 0 saturated carbocycles. The highest BCUT2D eigenvalue weighted by atomic mass is 35.5. The maximum absolute atomic E-state index is 13.3. The highest BCUT2D eigenvalue weighted by molar-refractivity contribution is 7.92. The van der Waals surface area contributed by atoms with Crippen LogP contribution in [0.25, 0.3) is 0 Å². The summed E-state index contributed by atoms with van der Waals surface area (Å²) in [6.07, 6.45) is 1.30. The first-order valence-electron chi connectivity index (χ1n) is 5.91. The minimum atomic E-state index is -3.89. The number of nitrogens with one attached hydrogen (secondary N) is 1. The van der Waals surface area contributed by atoms with Gasteiger partial charge in [0.2, 0.25) is 0 Å². The largest absolute Gasteiger partial charge is 0.396 e. The average molecular weight is 330 g/mol. The number of halogens is 2. The van der Waals surface area contributed by atoms with E-state index in [1.165, 1.54) is 13.1 Å². The van der Waals surface area contributed by atoms with E-state index in [1.807, 2.05) is 0 Å². The summed E-state index contributed by atoms with van der Waals surface area (Å²) in [4.78, 5) is 3.78. The SMILES string of the molecule is Cc1cc(F)c(N)cc1S(=O)(=O)Nc1cnc(Cl)c(C)c1. The number of anilines is 2. The monoisotopic (exact) mass is 329 g/mol. The second-order valence-corrected chi connectivity index (χ2v) is 6.59. The lowest BCUT2D eigenvalue weighted by atomic mass is 10.2. The van der Waals surface area contributed by atoms with E-state index in [2.05, 4.69) is 9.71 Å². The van der Waals surface area contributed by atoms with Gasteiger partial charge in [0.05, 0.1) is 22.5 Å². The standard InChI is InChI=1S/C13H13ClFN3O2S/c1-7-4-10(15)11(16)5-12(7)21(19,20)18-9-3-8(2)13(14)17-6-9/h3-6,18H,16H2,1-2H3. The summed E-state index contributed by atoms with van der Waals surface area (Å²) < 4.78 is 40.3. The van der Waals surface area contributed by atoms with Gasteiger partial charge in [-0.3, -0.25) is 4.72 Å². The Morgan fingerprint density at radius 2 is 1.90 bits per heavy atom. The van der Waals surface area contributed by atoms with Crippen molar-refractivity contribution >= 4 is 33.0 Å². The maximum Gasteiger partial charge on any atom is 0.262 e. The zero-order valence-electron chi connectivity index (χ0n) is 11.3. The molecule has 0 radical (unpaired) electrons. The Morgan fingerprint density at radius 1 is 1.24 bits per heavy atom. The van der Waals surface area contributed by atoms with Crippen LogP contribution in [0.3, 0.4) is 0 Å². The van der Waals surface area contributed by atoms with Gasteiger partial charge in [0.25, 0.3) is 10.0 Å². The fraction of sp³-hybridized carbons (Fsp3) is 0.154. The molecule has 112 valence electrons. The van der Waals surface area contributed by atoms with Crippen LogP contribution in [0.1, 0.15) is 11.1 Å². The molecular formula is C13H13ClFN3O2S. The molecule has 2 aromatic rings. The Morgan fingerprint density at radius 3 is 2.52 bits per heavy atom. The van der Waals surface area contributed by atoms with Gasteiger partial charge >= 0.3 is 0 Å². The molecule has 5 nitrogen and oxygen atoms in total. The van der Waals surface area contributed by atoms with Crippen LogP contribution in [0, 0.1) is 19.7 Å². The van der Waals surface area contributed by atoms with Crippen molar-refractivity contribution in [1.82, 2.24) is 4.98 Å². The van der Waals surface area contributed by atoms with Crippen molar-refractivity contribution in [3.05, 3.63) is 46.5 Å². The van der Waals surface area contributed by atoms with Gasteiger partial charge in [-0.1, -0.05) is 11.6 Å². The van der Waals surface area contributed by atoms with E-state index in [0.717, 1.165) is 12.1 Å². The molecule has 1 heterocycles. The molecule has 0 amide bonds. The number of hydrogen-bond acceptors (Lipinski definition) is 4. The normalized spacial score (nSPS) is 11.4. The van der Waals surface area contributed by atoms with Crippen molar-refractivity contribution < 1.29 is 12.8 Å². The second-order valence-electron chi connectivity index (χ2n) is 4.58. The highest BCUT2D eigenvalue weighted by Gasteiger charge is 2.19. The fourth-order valence-corrected chi connectivity index (χ4v) is 3.18. The van der Waals surface area contributed by atoms with E-state index in [-0.39, 0.29) is 21.8 Å². The molecule has 1 aromatic heterocycles. The first kappa shape index (κ1) is 15.5. The van der Waals surface area contributed by atoms with Gasteiger partial charge < -0.3 is 5.73 Å². The minimum absolute atomic E-state index is 0.0889. The van der Waals surface area contributed by atoms with Crippen molar-refractivity contribution in [3.8, 4) is 0 Å². The molecular weight excluding hydrogens is 317 g/mol. The lowest BCUT2D eigenvalue weighted by Gasteiger charge is -2.12. The molecule has 2 rings (SSSR count). The van der Waals surface area contributed by atoms with Crippen LogP contribution in [0.15, 0.2) is 29.3 Å². The third-order valence-electron chi connectivity index (χ3n) is 2.85. The topological polar surface area (TPSA) is 85.1 Å². The van der Waals surface area contributed by atoms with Crippen LogP contribution in [0.5, 0.6) is 0 Å². The Balaban J connectivity index is 2.43. The third-order valence-corrected chi connectivity index (χ3v) is 4.77. The molecule has 8 heteroatoms. The molecule has 3 N–H and O–H groups in total. The lowest BCUT2D eigenvalue weighted by Crippen LogP contribution is -2.15. The predicted octanol–water partition coefficient (Wildman–Crippen LogP) is 2.87. The molecule has 0 saturated heterocycles. The van der Waals surface area contributed by atoms with Crippen LogP contribution in [0.4, 0.5) is 15.8 Å². The summed E-state index contributed by atoms with van der Waals surface area (Å²) in [5.74, 6) is -0.657. The zero-order valence-corrected chi connectivity index (χ0v) is 12.9. The number of pyridine rings is 1. The number of nitrogens with zero attached hydrogens (tertiary/aromatic N) is 1. The molecule has 0 aliphatic heterocycles. The van der Waals surface area contributed by atoms with E-state index in [0.29, 0.717) is 10.7 Å². The summed E-state index contributed by atoms with van der Waals surface area (Å²) in [5, 5.41) is 0.292. The summed E-state index contributed by atoms with van der Waals surface area (Å²) in [5.41, 5.74) is 6.35. The van der Waals surface area contributed by atoms with Gasteiger partial charge in [-0.05, 0) is 43.2 Å². The molecule has 21 heavy (non-hydrogen) atoms. The van der Waals surface area contributed by atoms with E-state index < -0.39 is 15.8 Å². The second kappa shape index (κ2) is 5.50. The fourth-order valence-electron chi connectivity index (χ4n) is 1.78. The molecule has 0 aliphatic carbocycles. The van der Waals surface area contributed by atoms with E-state index >= 15 is 0 Å². The molecule has 0 bridgehead atoms. The number of nitrogen functional groups attached to an aromatic ring is 1. The summed E-state index contributed by atoms with van der Waals surface area (Å²) in [7, 11) is -3.89. The van der Waals surface area contributed by atoms with Crippen molar-refractivity contribution in [1.29, 1.82) is 0 Å². The van der Waals surface area contributed by atoms with Crippen molar-refractivity contribution in [2.45, 2.75) is 18.7 Å². The first-order valence-corrected chi connectivity index (χ1v) is 7.77. The number of rotatable bonds is 3. The molecule has 0 aliphatic rings. The lowest BCUT2D eigenvalue weighted by molar-refractivity contribution is 0.599. The summed E-state index contributed by atoms with van der Waals surface area (Å²) >= 11 is 5.79. The summed E-state index contributed by atoms with van der Waals surface area (Å²) in [6.45, 7) is 3.19. The quantitative estimate of drug-likeness (QED) is 0.669. The first-order chi connectivity index (χ1) is 9.70. The van der Waals surface area contributed by atoms with Crippen LogP contribution in [-0.2, 0) is 10.0 Å². The number of nitrogens with two attached hydrogens (primary N) is 1. The van der Waals surface area contributed by atoms with E-state index in [4.69, 9.17) is 17.3 Å². The van der Waals surface area contributed by atoms with Crippen LogP contribution in [0.2, 0.25) is 5.15 Å². The van der Waals surface area contributed by atoms with Gasteiger partial charge in [-0.25, -0.2) is 17.8 Å². The summed E-state index contributed by atoms with van der Waals surface area (Å²) in [6, 6.07) is 3.72. The van der Waals surface area contributed by atoms with E-state index in [1.54, 1.807) is 13.0 Å². The van der Waals surface area contributed by atoms with Gasteiger partial charge in [0, 0.05) is 0 Å². The van der Waals surface area contributed by atoms with Gasteiger partial charge in [-0.15, -0.1) is 0 Å². The smallest absolute Gasteiger partial charge is 0.262 e. The maximum atomic E-state index is 13.3. The minimum Gasteiger partial charge on any atom is -0.396 e. The zero-order chi connectivity index (χ0) is 15.8. The van der Waals surface area contributed by atoms with Gasteiger partial charge in [0.15, 0.2) is 0 Å². The Hall–Kier alpha value is -1.86. The third kappa shape index (κ3) is 3.25. The van der Waals surface area contributed by atoms with Crippen LogP contribution in [-0.4, -0.2) is 13.4 Å². The number of benzene rings is 1. The Kier molecular flexibility index (Phi) is 4.06. The van der Waals surface area contributed by atoms with Gasteiger partial charge in [-0.2, -0.15) is 0 Å². The molecule has 0 unspecified atom stereocenters. The molecule has 0 fully saturated rings. The van der Waals surface area contributed by atoms with Crippen LogP contribution < -0.4 is 10.5 Å². The number of aromatic nitrogens is 1. The van der Waals surface area contributed by atoms with Crippen molar-refractivity contribution in [2.75, 3.05) is 10.5 Å². The molecule has 1 aromatic carbocycles. The highest BCUT2D eigenvalue weighted by Crippen LogP contribution is 2.24. The molecule has 0 atom stereocenters.